The third-order valence-corrected chi connectivity index (χ3v) is 12.2. The first kappa shape index (κ1) is 37.9. The quantitative estimate of drug-likeness (QED) is 0.235. The number of ether oxygens (including phenoxy) is 1. The molecule has 0 spiro atoms. The average Bonchev–Trinajstić information content (AvgIpc) is 3.31. The van der Waals surface area contributed by atoms with E-state index < -0.39 is 19.4 Å². The highest BCUT2D eigenvalue weighted by atomic mass is 35.5. The van der Waals surface area contributed by atoms with E-state index in [0.717, 1.165) is 22.3 Å². The number of carbonyl (C=O) groups excluding carboxylic acids is 2. The van der Waals surface area contributed by atoms with E-state index in [1.807, 2.05) is 84.4 Å². The average molecular weight is 738 g/mol. The molecule has 2 aliphatic heterocycles. The standard InChI is InChI=1S/C39H50Cl2N4O4Si/c1-9-49-33-26-29(37(2,3)4)14-19-32(33)35-42-38(5,27-10-15-30(40)16-11-27)39(6,28-12-17-31(41)18-13-28)45(35)36(47)44-23-21-43(22-24-44)34(46)20-25-50(7,8)48/h10-19,26,48H,9,20-25H2,1-8H3/t38-,39+/m0/s1. The van der Waals surface area contributed by atoms with Crippen LogP contribution in [0, 0.1) is 0 Å². The Morgan fingerprint density at radius 2 is 1.42 bits per heavy atom. The molecule has 0 unspecified atom stereocenters. The maximum Gasteiger partial charge on any atom is 0.326 e. The SMILES string of the molecule is CCOc1cc(C(C)(C)C)ccc1C1=N[C@@](C)(c2ccc(Cl)cc2)[C@@](C)(c2ccc(Cl)cc2)N1C(=O)N1CCN(C(=O)CC[Si](C)(C)O)CC1. The molecule has 2 aliphatic rings. The summed E-state index contributed by atoms with van der Waals surface area (Å²) in [5, 5.41) is 1.20. The molecule has 2 heterocycles. The topological polar surface area (TPSA) is 85.7 Å². The number of halogens is 2. The zero-order valence-electron chi connectivity index (χ0n) is 30.5. The van der Waals surface area contributed by atoms with Gasteiger partial charge in [0, 0.05) is 42.6 Å². The number of nitrogens with zero attached hydrogens (tertiary/aromatic N) is 4. The molecule has 11 heteroatoms. The van der Waals surface area contributed by atoms with Gasteiger partial charge in [-0.2, -0.15) is 0 Å². The molecular formula is C39H50Cl2N4O4Si. The van der Waals surface area contributed by atoms with Gasteiger partial charge in [-0.15, -0.1) is 0 Å². The van der Waals surface area contributed by atoms with Crippen LogP contribution in [-0.2, 0) is 21.3 Å². The maximum absolute atomic E-state index is 15.2. The van der Waals surface area contributed by atoms with E-state index in [1.54, 1.807) is 4.90 Å². The molecule has 268 valence electrons. The lowest BCUT2D eigenvalue weighted by Gasteiger charge is -2.47. The first-order chi connectivity index (χ1) is 23.4. The Hall–Kier alpha value is -3.37. The number of hydrogen-bond acceptors (Lipinski definition) is 5. The Morgan fingerprint density at radius 1 is 0.880 bits per heavy atom. The first-order valence-corrected chi connectivity index (χ1v) is 21.3. The fourth-order valence-corrected chi connectivity index (χ4v) is 7.95. The predicted octanol–water partition coefficient (Wildman–Crippen LogP) is 8.43. The summed E-state index contributed by atoms with van der Waals surface area (Å²) in [7, 11) is -2.35. The van der Waals surface area contributed by atoms with E-state index in [9.17, 15) is 9.59 Å². The molecule has 50 heavy (non-hydrogen) atoms. The molecule has 3 aromatic rings. The zero-order chi connectivity index (χ0) is 36.6. The Kier molecular flexibility index (Phi) is 10.9. The molecule has 2 atom stereocenters. The molecule has 3 aromatic carbocycles. The lowest BCUT2D eigenvalue weighted by Crippen LogP contribution is -2.61. The van der Waals surface area contributed by atoms with Gasteiger partial charge in [0.1, 0.15) is 22.7 Å². The molecule has 1 fully saturated rings. The van der Waals surface area contributed by atoms with Gasteiger partial charge in [0.15, 0.2) is 8.32 Å². The van der Waals surface area contributed by atoms with Crippen molar-refractivity contribution in [2.45, 2.75) is 83.6 Å². The molecule has 1 N–H and O–H groups in total. The summed E-state index contributed by atoms with van der Waals surface area (Å²) >= 11 is 12.8. The molecule has 3 amide bonds. The molecular weight excluding hydrogens is 687 g/mol. The van der Waals surface area contributed by atoms with Crippen molar-refractivity contribution in [1.82, 2.24) is 14.7 Å². The van der Waals surface area contributed by atoms with Crippen molar-refractivity contribution in [1.29, 1.82) is 0 Å². The highest BCUT2D eigenvalue weighted by Gasteiger charge is 2.60. The normalized spacial score (nSPS) is 21.3. The van der Waals surface area contributed by atoms with E-state index in [1.165, 1.54) is 0 Å². The monoisotopic (exact) mass is 736 g/mol. The summed E-state index contributed by atoms with van der Waals surface area (Å²) in [6.07, 6.45) is 0.311. The Labute approximate surface area is 308 Å². The van der Waals surface area contributed by atoms with Crippen molar-refractivity contribution in [2.75, 3.05) is 32.8 Å². The molecule has 0 radical (unpaired) electrons. The smallest absolute Gasteiger partial charge is 0.326 e. The van der Waals surface area contributed by atoms with Crippen LogP contribution in [0.4, 0.5) is 4.79 Å². The molecule has 8 nitrogen and oxygen atoms in total. The van der Waals surface area contributed by atoms with Gasteiger partial charge in [-0.1, -0.05) is 74.3 Å². The Bertz CT molecular complexity index is 1750. The summed E-state index contributed by atoms with van der Waals surface area (Å²) in [5.41, 5.74) is 1.45. The number of aliphatic imine (C=N–C) groups is 1. The summed E-state index contributed by atoms with van der Waals surface area (Å²) in [6, 6.07) is 21.7. The minimum atomic E-state index is -2.35. The van der Waals surface area contributed by atoms with Gasteiger partial charge in [-0.25, -0.2) is 4.79 Å². The number of carbonyl (C=O) groups is 2. The van der Waals surface area contributed by atoms with E-state index in [0.29, 0.717) is 66.9 Å². The van der Waals surface area contributed by atoms with E-state index in [4.69, 9.17) is 32.9 Å². The van der Waals surface area contributed by atoms with Gasteiger partial charge in [-0.05, 0) is 98.4 Å². The lowest BCUT2D eigenvalue weighted by atomic mass is 9.71. The fourth-order valence-electron chi connectivity index (χ4n) is 6.88. The van der Waals surface area contributed by atoms with Gasteiger partial charge in [0.05, 0.1) is 12.2 Å². The summed E-state index contributed by atoms with van der Waals surface area (Å²) < 4.78 is 6.30. The number of urea groups is 1. The third-order valence-electron chi connectivity index (χ3n) is 10.2. The van der Waals surface area contributed by atoms with Crippen molar-refractivity contribution in [3.05, 3.63) is 99.0 Å². The molecule has 0 aliphatic carbocycles. The Morgan fingerprint density at radius 3 is 1.94 bits per heavy atom. The fraction of sp³-hybridized carbons (Fsp3) is 0.462. The predicted molar refractivity (Wildman–Crippen MR) is 205 cm³/mol. The maximum atomic E-state index is 15.2. The second-order valence-electron chi connectivity index (χ2n) is 15.3. The highest BCUT2D eigenvalue weighted by molar-refractivity contribution is 6.69. The zero-order valence-corrected chi connectivity index (χ0v) is 33.0. The number of amides is 3. The number of amidine groups is 1. The first-order valence-electron chi connectivity index (χ1n) is 17.4. The second-order valence-corrected chi connectivity index (χ2v) is 20.3. The van der Waals surface area contributed by atoms with Crippen LogP contribution >= 0.6 is 23.2 Å². The molecule has 0 aromatic heterocycles. The largest absolute Gasteiger partial charge is 0.493 e. The van der Waals surface area contributed by atoms with Crippen molar-refractivity contribution >= 4 is 49.3 Å². The van der Waals surface area contributed by atoms with Crippen LogP contribution in [0.5, 0.6) is 5.75 Å². The molecule has 1 saturated heterocycles. The van der Waals surface area contributed by atoms with Crippen LogP contribution in [0.25, 0.3) is 0 Å². The van der Waals surface area contributed by atoms with Crippen LogP contribution in [0.15, 0.2) is 71.7 Å². The van der Waals surface area contributed by atoms with E-state index in [-0.39, 0.29) is 17.4 Å². The highest BCUT2D eigenvalue weighted by Crippen LogP contribution is 2.54. The van der Waals surface area contributed by atoms with Crippen LogP contribution in [0.3, 0.4) is 0 Å². The third kappa shape index (κ3) is 7.47. The van der Waals surface area contributed by atoms with Crippen LogP contribution in [0.2, 0.25) is 29.2 Å². The number of piperazine rings is 1. The van der Waals surface area contributed by atoms with Gasteiger partial charge in [-0.3, -0.25) is 14.7 Å². The number of hydrogen-bond donors (Lipinski definition) is 1. The van der Waals surface area contributed by atoms with Gasteiger partial charge < -0.3 is 19.3 Å². The van der Waals surface area contributed by atoms with E-state index >= 15 is 4.79 Å². The number of benzene rings is 3. The molecule has 0 bridgehead atoms. The minimum Gasteiger partial charge on any atom is -0.493 e. The molecule has 0 saturated carbocycles. The number of rotatable bonds is 8. The lowest BCUT2D eigenvalue weighted by molar-refractivity contribution is -0.132. The van der Waals surface area contributed by atoms with Crippen LogP contribution in [0.1, 0.15) is 70.2 Å². The van der Waals surface area contributed by atoms with Gasteiger partial charge in [0.2, 0.25) is 5.91 Å². The van der Waals surface area contributed by atoms with Crippen molar-refractivity contribution in [2.24, 2.45) is 4.99 Å². The van der Waals surface area contributed by atoms with E-state index in [2.05, 4.69) is 46.8 Å². The molecule has 5 rings (SSSR count). The van der Waals surface area contributed by atoms with Gasteiger partial charge in [0.25, 0.3) is 0 Å². The van der Waals surface area contributed by atoms with Crippen LogP contribution in [-0.4, -0.2) is 78.4 Å². The minimum absolute atomic E-state index is 0.0109. The summed E-state index contributed by atoms with van der Waals surface area (Å²) in [6.45, 7) is 18.2. The summed E-state index contributed by atoms with van der Waals surface area (Å²) in [4.78, 5) is 49.5. The second kappa shape index (κ2) is 14.3. The van der Waals surface area contributed by atoms with Crippen molar-refractivity contribution in [3.8, 4) is 5.75 Å². The Balaban J connectivity index is 1.65. The van der Waals surface area contributed by atoms with Crippen molar-refractivity contribution in [3.63, 3.8) is 0 Å². The van der Waals surface area contributed by atoms with Crippen LogP contribution < -0.4 is 4.74 Å². The summed E-state index contributed by atoms with van der Waals surface area (Å²) in [5.74, 6) is 1.17. The van der Waals surface area contributed by atoms with Crippen molar-refractivity contribution < 1.29 is 19.1 Å². The van der Waals surface area contributed by atoms with Gasteiger partial charge >= 0.3 is 6.03 Å².